The minimum absolute atomic E-state index is 0.324. The Bertz CT molecular complexity index is 569. The summed E-state index contributed by atoms with van der Waals surface area (Å²) < 4.78 is 0. The monoisotopic (exact) mass is 211 g/mol. The van der Waals surface area contributed by atoms with Crippen LogP contribution in [0, 0.1) is 0 Å². The van der Waals surface area contributed by atoms with Gasteiger partial charge in [0, 0.05) is 11.5 Å². The minimum atomic E-state index is 0.324. The van der Waals surface area contributed by atoms with Gasteiger partial charge in [-0.2, -0.15) is 0 Å². The van der Waals surface area contributed by atoms with Crippen LogP contribution in [0.4, 0.5) is 0 Å². The van der Waals surface area contributed by atoms with Gasteiger partial charge in [0.1, 0.15) is 0 Å². The fraction of sp³-hybridized carbons (Fsp3) is 0.0909. The molecule has 0 unspecified atom stereocenters. The van der Waals surface area contributed by atoms with Crippen LogP contribution in [-0.2, 0) is 0 Å². The van der Waals surface area contributed by atoms with Crippen molar-refractivity contribution >= 4 is 17.1 Å². The molecule has 0 aliphatic heterocycles. The second kappa shape index (κ2) is 4.91. The topological polar surface area (TPSA) is 74.5 Å². The number of para-hydroxylation sites is 2. The molecule has 16 heavy (non-hydrogen) atoms. The van der Waals surface area contributed by atoms with Gasteiger partial charge in [-0.15, -0.1) is 0 Å². The number of fused-ring (bicyclic) bond motifs is 1. The summed E-state index contributed by atoms with van der Waals surface area (Å²) in [6.45, 7) is 0.324. The van der Waals surface area contributed by atoms with E-state index in [1.54, 1.807) is 18.3 Å². The van der Waals surface area contributed by atoms with Gasteiger partial charge in [0.25, 0.3) is 0 Å². The Hall–Kier alpha value is -2.39. The van der Waals surface area contributed by atoms with E-state index in [1.807, 2.05) is 24.3 Å². The molecule has 5 nitrogen and oxygen atoms in total. The molecule has 2 aromatic rings. The molecule has 0 radical (unpaired) electrons. The third kappa shape index (κ3) is 2.34. The molecule has 0 N–H and O–H groups in total. The average Bonchev–Trinajstić information content (AvgIpc) is 2.34. The zero-order valence-electron chi connectivity index (χ0n) is 8.48. The van der Waals surface area contributed by atoms with E-state index < -0.39 is 0 Å². The van der Waals surface area contributed by atoms with Crippen LogP contribution < -0.4 is 0 Å². The Labute approximate surface area is 92.1 Å². The molecule has 2 rings (SSSR count). The molecular weight excluding hydrogens is 202 g/mol. The summed E-state index contributed by atoms with van der Waals surface area (Å²) in [5.74, 6) is 0. The highest BCUT2D eigenvalue weighted by molar-refractivity contribution is 5.74. The fourth-order valence-electron chi connectivity index (χ4n) is 1.31. The number of rotatable bonds is 3. The molecule has 0 saturated heterocycles. The average molecular weight is 211 g/mol. The summed E-state index contributed by atoms with van der Waals surface area (Å²) in [4.78, 5) is 11.3. The molecule has 78 valence electrons. The van der Waals surface area contributed by atoms with Gasteiger partial charge in [-0.25, -0.2) is 4.98 Å². The Morgan fingerprint density at radius 1 is 1.31 bits per heavy atom. The minimum Gasteiger partial charge on any atom is -0.252 e. The normalized spacial score (nSPS) is 10.5. The van der Waals surface area contributed by atoms with Crippen LogP contribution >= 0.6 is 0 Å². The number of aromatic nitrogens is 2. The first-order chi connectivity index (χ1) is 7.90. The summed E-state index contributed by atoms with van der Waals surface area (Å²) in [6, 6.07) is 7.67. The molecule has 1 aromatic heterocycles. The number of nitrogens with zero attached hydrogens (tertiary/aromatic N) is 5. The molecule has 0 atom stereocenters. The van der Waals surface area contributed by atoms with Crippen molar-refractivity contribution in [2.45, 2.75) is 0 Å². The van der Waals surface area contributed by atoms with Gasteiger partial charge >= 0.3 is 0 Å². The van der Waals surface area contributed by atoms with Gasteiger partial charge in [-0.3, -0.25) is 4.98 Å². The fourth-order valence-corrected chi connectivity index (χ4v) is 1.31. The third-order valence-electron chi connectivity index (χ3n) is 2.01. The lowest BCUT2D eigenvalue weighted by molar-refractivity contribution is 1.21. The molecule has 0 amide bonds. The smallest absolute Gasteiger partial charge is 0.0894 e. The van der Waals surface area contributed by atoms with Gasteiger partial charge in [-0.1, -0.05) is 23.3 Å². The maximum atomic E-state index is 8.10. The van der Waals surface area contributed by atoms with E-state index in [-0.39, 0.29) is 0 Å². The molecule has 1 heterocycles. The van der Waals surface area contributed by atoms with Crippen molar-refractivity contribution in [1.82, 2.24) is 9.97 Å². The van der Waals surface area contributed by atoms with Crippen LogP contribution in [0.15, 0.2) is 41.7 Å². The Balaban J connectivity index is 2.25. The molecule has 5 heteroatoms. The zero-order chi connectivity index (χ0) is 11.2. The second-order valence-corrected chi connectivity index (χ2v) is 3.10. The summed E-state index contributed by atoms with van der Waals surface area (Å²) in [5.41, 5.74) is 10.6. The van der Waals surface area contributed by atoms with E-state index in [4.69, 9.17) is 5.53 Å². The van der Waals surface area contributed by atoms with Gasteiger partial charge in [-0.05, 0) is 23.7 Å². The lowest BCUT2D eigenvalue weighted by Crippen LogP contribution is -1.86. The molecule has 0 bridgehead atoms. The highest BCUT2D eigenvalue weighted by atomic mass is 15.1. The lowest BCUT2D eigenvalue weighted by atomic mass is 10.3. The first-order valence-electron chi connectivity index (χ1n) is 4.79. The highest BCUT2D eigenvalue weighted by Crippen LogP contribution is 2.09. The predicted octanol–water partition coefficient (Wildman–Crippen LogP) is 2.95. The number of benzene rings is 1. The van der Waals surface area contributed by atoms with Crippen LogP contribution in [-0.4, -0.2) is 16.5 Å². The number of hydrogen-bond donors (Lipinski definition) is 0. The van der Waals surface area contributed by atoms with Gasteiger partial charge < -0.3 is 0 Å². The van der Waals surface area contributed by atoms with Crippen molar-refractivity contribution in [3.63, 3.8) is 0 Å². The molecular formula is C11H9N5. The standard InChI is InChI=1S/C11H9N5/c12-16-14-7-3-4-9-8-13-10-5-1-2-6-11(10)15-9/h1-6,8H,7H2. The van der Waals surface area contributed by atoms with Crippen molar-refractivity contribution in [2.75, 3.05) is 6.54 Å². The van der Waals surface area contributed by atoms with Gasteiger partial charge in [0.2, 0.25) is 0 Å². The molecule has 0 aliphatic carbocycles. The Kier molecular flexibility index (Phi) is 3.11. The summed E-state index contributed by atoms with van der Waals surface area (Å²) in [6.07, 6.45) is 5.22. The van der Waals surface area contributed by atoms with E-state index >= 15 is 0 Å². The van der Waals surface area contributed by atoms with Crippen molar-refractivity contribution < 1.29 is 0 Å². The Morgan fingerprint density at radius 2 is 2.12 bits per heavy atom. The van der Waals surface area contributed by atoms with Gasteiger partial charge in [0.05, 0.1) is 22.9 Å². The van der Waals surface area contributed by atoms with Crippen molar-refractivity contribution in [3.8, 4) is 0 Å². The van der Waals surface area contributed by atoms with Crippen molar-refractivity contribution in [1.29, 1.82) is 0 Å². The summed E-state index contributed by atoms with van der Waals surface area (Å²) in [5, 5.41) is 3.39. The molecule has 1 aromatic carbocycles. The quantitative estimate of drug-likeness (QED) is 0.444. The maximum absolute atomic E-state index is 8.10. The van der Waals surface area contributed by atoms with E-state index in [1.165, 1.54) is 0 Å². The van der Waals surface area contributed by atoms with E-state index in [0.29, 0.717) is 6.54 Å². The summed E-state index contributed by atoms with van der Waals surface area (Å²) >= 11 is 0. The molecule has 0 aliphatic rings. The van der Waals surface area contributed by atoms with E-state index in [2.05, 4.69) is 20.0 Å². The van der Waals surface area contributed by atoms with Gasteiger partial charge in [0.15, 0.2) is 0 Å². The first kappa shape index (κ1) is 10.1. The van der Waals surface area contributed by atoms with Crippen molar-refractivity contribution in [2.24, 2.45) is 5.11 Å². The second-order valence-electron chi connectivity index (χ2n) is 3.10. The lowest BCUT2D eigenvalue weighted by Gasteiger charge is -1.96. The summed E-state index contributed by atoms with van der Waals surface area (Å²) in [7, 11) is 0. The Morgan fingerprint density at radius 3 is 2.94 bits per heavy atom. The number of azide groups is 1. The van der Waals surface area contributed by atoms with Crippen LogP contribution in [0.2, 0.25) is 0 Å². The van der Waals surface area contributed by atoms with E-state index in [0.717, 1.165) is 16.7 Å². The maximum Gasteiger partial charge on any atom is 0.0894 e. The van der Waals surface area contributed by atoms with Crippen LogP contribution in [0.1, 0.15) is 5.69 Å². The van der Waals surface area contributed by atoms with Crippen LogP contribution in [0.25, 0.3) is 27.6 Å². The molecule has 0 fully saturated rings. The third-order valence-corrected chi connectivity index (χ3v) is 2.01. The highest BCUT2D eigenvalue weighted by Gasteiger charge is 1.94. The SMILES string of the molecule is [N-]=[N+]=NCC=Cc1cnc2ccccc2n1. The first-order valence-corrected chi connectivity index (χ1v) is 4.79. The van der Waals surface area contributed by atoms with Crippen molar-refractivity contribution in [3.05, 3.63) is 52.7 Å². The molecule has 0 saturated carbocycles. The zero-order valence-corrected chi connectivity index (χ0v) is 8.48. The van der Waals surface area contributed by atoms with Crippen LogP contribution in [0.3, 0.4) is 0 Å². The molecule has 0 spiro atoms. The van der Waals surface area contributed by atoms with E-state index in [9.17, 15) is 0 Å². The number of hydrogen-bond acceptors (Lipinski definition) is 3. The predicted molar refractivity (Wildman–Crippen MR) is 62.6 cm³/mol. The van der Waals surface area contributed by atoms with Crippen LogP contribution in [0.5, 0.6) is 0 Å². The largest absolute Gasteiger partial charge is 0.252 e.